The standard InChI is InChI=1S/C21H28F3N3O2/c1-29-17-6-4-16(5-7-17)27-12-10-20(19(27)28)9-2-11-26(14-20)18-8-3-15(13-25-18)21(22,23)24/h3,8,13,16-17H,2,4-7,9-12,14H2,1H3/t16-,17-,20-/m1/s1. The Morgan fingerprint density at radius 1 is 1.14 bits per heavy atom. The van der Waals surface area contributed by atoms with E-state index in [4.69, 9.17) is 4.74 Å². The van der Waals surface area contributed by atoms with Crippen molar-refractivity contribution in [3.8, 4) is 0 Å². The van der Waals surface area contributed by atoms with Gasteiger partial charge in [0, 0.05) is 39.0 Å². The highest BCUT2D eigenvalue weighted by Crippen LogP contribution is 2.43. The minimum Gasteiger partial charge on any atom is -0.381 e. The van der Waals surface area contributed by atoms with Gasteiger partial charge in [-0.1, -0.05) is 0 Å². The minimum atomic E-state index is -4.39. The Morgan fingerprint density at radius 2 is 1.90 bits per heavy atom. The molecule has 2 saturated heterocycles. The van der Waals surface area contributed by atoms with Gasteiger partial charge < -0.3 is 14.5 Å². The fourth-order valence-corrected chi connectivity index (χ4v) is 5.24. The van der Waals surface area contributed by atoms with E-state index in [1.54, 1.807) is 7.11 Å². The van der Waals surface area contributed by atoms with Crippen molar-refractivity contribution in [2.75, 3.05) is 31.6 Å². The minimum absolute atomic E-state index is 0.218. The van der Waals surface area contributed by atoms with Crippen LogP contribution in [0.4, 0.5) is 19.0 Å². The van der Waals surface area contributed by atoms with E-state index in [1.807, 2.05) is 4.90 Å². The lowest BCUT2D eigenvalue weighted by Gasteiger charge is -2.41. The Morgan fingerprint density at radius 3 is 2.52 bits per heavy atom. The number of likely N-dealkylation sites (tertiary alicyclic amines) is 1. The molecule has 3 fully saturated rings. The number of alkyl halides is 3. The predicted octanol–water partition coefficient (Wildman–Crippen LogP) is 3.88. The highest BCUT2D eigenvalue weighted by molar-refractivity contribution is 5.86. The lowest BCUT2D eigenvalue weighted by Crippen LogP contribution is -2.50. The zero-order valence-electron chi connectivity index (χ0n) is 16.7. The smallest absolute Gasteiger partial charge is 0.381 e. The molecule has 1 atom stereocenters. The molecule has 29 heavy (non-hydrogen) atoms. The third kappa shape index (κ3) is 3.96. The summed E-state index contributed by atoms with van der Waals surface area (Å²) in [6.07, 6.45) is 3.22. The summed E-state index contributed by atoms with van der Waals surface area (Å²) < 4.78 is 43.9. The molecule has 3 heterocycles. The average molecular weight is 411 g/mol. The maximum atomic E-state index is 13.4. The summed E-state index contributed by atoms with van der Waals surface area (Å²) in [5.74, 6) is 0.735. The number of piperidine rings is 1. The van der Waals surface area contributed by atoms with Crippen LogP contribution in [0.2, 0.25) is 0 Å². The van der Waals surface area contributed by atoms with Crippen molar-refractivity contribution >= 4 is 11.7 Å². The maximum absolute atomic E-state index is 13.4. The summed E-state index contributed by atoms with van der Waals surface area (Å²) in [4.78, 5) is 21.5. The molecular formula is C21H28F3N3O2. The topological polar surface area (TPSA) is 45.7 Å². The maximum Gasteiger partial charge on any atom is 0.417 e. The van der Waals surface area contributed by atoms with Gasteiger partial charge in [-0.3, -0.25) is 4.79 Å². The first-order valence-electron chi connectivity index (χ1n) is 10.4. The zero-order chi connectivity index (χ0) is 20.6. The first kappa shape index (κ1) is 20.4. The van der Waals surface area contributed by atoms with Gasteiger partial charge in [0.15, 0.2) is 0 Å². The second kappa shape index (κ2) is 7.78. The van der Waals surface area contributed by atoms with Crippen molar-refractivity contribution < 1.29 is 22.7 Å². The Balaban J connectivity index is 1.44. The number of carbonyl (C=O) groups excluding carboxylic acids is 1. The van der Waals surface area contributed by atoms with Gasteiger partial charge in [0.1, 0.15) is 5.82 Å². The molecule has 1 amide bonds. The molecule has 1 aromatic rings. The van der Waals surface area contributed by atoms with Crippen LogP contribution in [0.15, 0.2) is 18.3 Å². The van der Waals surface area contributed by atoms with Crippen molar-refractivity contribution in [3.05, 3.63) is 23.9 Å². The van der Waals surface area contributed by atoms with E-state index in [9.17, 15) is 18.0 Å². The van der Waals surface area contributed by atoms with Crippen LogP contribution in [-0.4, -0.2) is 54.7 Å². The summed E-state index contributed by atoms with van der Waals surface area (Å²) in [6.45, 7) is 2.02. The molecule has 1 aliphatic carbocycles. The van der Waals surface area contributed by atoms with E-state index in [0.717, 1.165) is 63.8 Å². The molecule has 0 N–H and O–H groups in total. The average Bonchev–Trinajstić information content (AvgIpc) is 3.03. The molecule has 0 bridgehead atoms. The van der Waals surface area contributed by atoms with Crippen LogP contribution < -0.4 is 4.90 Å². The van der Waals surface area contributed by atoms with Gasteiger partial charge in [-0.25, -0.2) is 4.98 Å². The van der Waals surface area contributed by atoms with Gasteiger partial charge in [0.2, 0.25) is 5.91 Å². The number of halogens is 3. The lowest BCUT2D eigenvalue weighted by molar-refractivity contribution is -0.139. The molecule has 8 heteroatoms. The number of aromatic nitrogens is 1. The largest absolute Gasteiger partial charge is 0.417 e. The van der Waals surface area contributed by atoms with Crippen molar-refractivity contribution in [2.45, 2.75) is 63.3 Å². The summed E-state index contributed by atoms with van der Waals surface area (Å²) in [5, 5.41) is 0. The second-order valence-corrected chi connectivity index (χ2v) is 8.62. The van der Waals surface area contributed by atoms with Crippen molar-refractivity contribution in [1.29, 1.82) is 0 Å². The molecule has 2 aliphatic heterocycles. The SMILES string of the molecule is CO[C@H]1CC[C@H](N2CC[C@@]3(CCCN(c4ccc(C(F)(F)F)cn4)C3)C2=O)CC1. The highest BCUT2D eigenvalue weighted by atomic mass is 19.4. The molecular weight excluding hydrogens is 383 g/mol. The normalized spacial score (nSPS) is 31.0. The zero-order valence-corrected chi connectivity index (χ0v) is 16.7. The highest BCUT2D eigenvalue weighted by Gasteiger charge is 2.50. The van der Waals surface area contributed by atoms with Gasteiger partial charge in [-0.05, 0) is 57.1 Å². The first-order valence-corrected chi connectivity index (χ1v) is 10.4. The summed E-state index contributed by atoms with van der Waals surface area (Å²) >= 11 is 0. The van der Waals surface area contributed by atoms with Gasteiger partial charge >= 0.3 is 6.18 Å². The molecule has 1 saturated carbocycles. The number of hydrogen-bond acceptors (Lipinski definition) is 4. The van der Waals surface area contributed by atoms with E-state index in [1.165, 1.54) is 6.07 Å². The number of hydrogen-bond donors (Lipinski definition) is 0. The fraction of sp³-hybridized carbons (Fsp3) is 0.714. The summed E-state index contributed by atoms with van der Waals surface area (Å²) in [7, 11) is 1.74. The molecule has 0 radical (unpaired) electrons. The molecule has 0 aromatic carbocycles. The number of nitrogens with zero attached hydrogens (tertiary/aromatic N) is 3. The molecule has 5 nitrogen and oxygen atoms in total. The van der Waals surface area contributed by atoms with Crippen LogP contribution in [0.5, 0.6) is 0 Å². The van der Waals surface area contributed by atoms with E-state index >= 15 is 0 Å². The number of methoxy groups -OCH3 is 1. The quantitative estimate of drug-likeness (QED) is 0.757. The van der Waals surface area contributed by atoms with Crippen LogP contribution in [0.25, 0.3) is 0 Å². The van der Waals surface area contributed by atoms with Gasteiger partial charge in [-0.15, -0.1) is 0 Å². The van der Waals surface area contributed by atoms with Gasteiger partial charge in [0.25, 0.3) is 0 Å². The number of ether oxygens (including phenoxy) is 1. The molecule has 1 aromatic heterocycles. The van der Waals surface area contributed by atoms with Crippen molar-refractivity contribution in [1.82, 2.24) is 9.88 Å². The third-order valence-electron chi connectivity index (χ3n) is 6.94. The first-order chi connectivity index (χ1) is 13.8. The van der Waals surface area contributed by atoms with Gasteiger partial charge in [-0.2, -0.15) is 13.2 Å². The molecule has 160 valence electrons. The third-order valence-corrected chi connectivity index (χ3v) is 6.94. The van der Waals surface area contributed by atoms with E-state index in [2.05, 4.69) is 9.88 Å². The Bertz CT molecular complexity index is 732. The van der Waals surface area contributed by atoms with Crippen molar-refractivity contribution in [2.24, 2.45) is 5.41 Å². The fourth-order valence-electron chi connectivity index (χ4n) is 5.24. The molecule has 3 aliphatic rings. The van der Waals surface area contributed by atoms with Crippen molar-refractivity contribution in [3.63, 3.8) is 0 Å². The molecule has 1 spiro atoms. The Labute approximate surface area is 169 Å². The predicted molar refractivity (Wildman–Crippen MR) is 103 cm³/mol. The van der Waals surface area contributed by atoms with E-state index < -0.39 is 17.2 Å². The van der Waals surface area contributed by atoms with Crippen LogP contribution in [0.1, 0.15) is 50.5 Å². The molecule has 4 rings (SSSR count). The number of rotatable bonds is 3. The Hall–Kier alpha value is -1.83. The summed E-state index contributed by atoms with van der Waals surface area (Å²) in [6, 6.07) is 2.78. The molecule has 0 unspecified atom stereocenters. The number of pyridine rings is 1. The van der Waals surface area contributed by atoms with Crippen LogP contribution in [-0.2, 0) is 15.7 Å². The number of carbonyl (C=O) groups is 1. The summed E-state index contributed by atoms with van der Waals surface area (Å²) in [5.41, 5.74) is -1.18. The second-order valence-electron chi connectivity index (χ2n) is 8.62. The van der Waals surface area contributed by atoms with Gasteiger partial charge in [0.05, 0.1) is 17.1 Å². The van der Waals surface area contributed by atoms with Crippen LogP contribution >= 0.6 is 0 Å². The van der Waals surface area contributed by atoms with Crippen LogP contribution in [0.3, 0.4) is 0 Å². The van der Waals surface area contributed by atoms with E-state index in [0.29, 0.717) is 25.0 Å². The monoisotopic (exact) mass is 411 g/mol. The Kier molecular flexibility index (Phi) is 5.48. The number of anilines is 1. The van der Waals surface area contributed by atoms with E-state index in [-0.39, 0.29) is 11.9 Å². The van der Waals surface area contributed by atoms with Crippen LogP contribution in [0, 0.1) is 5.41 Å². The number of amides is 1. The lowest BCUT2D eigenvalue weighted by atomic mass is 9.78.